The normalized spacial score (nSPS) is 18.3. The number of carbonyl (C=O) groups excluding carboxylic acids is 2. The van der Waals surface area contributed by atoms with E-state index < -0.39 is 27.9 Å². The standard InChI is InChI=1S/C16H18N4O4S2/c1-11-2-4-12(5-3-11)26(23,24)20-8-6-17-15(22)13(20)10-14(21)19-16-18-7-9-25-16/h2-5,7,9,13H,6,8,10H2,1H3,(H,17,22)(H,18,19,21). The highest BCUT2D eigenvalue weighted by Gasteiger charge is 2.39. The number of rotatable bonds is 5. The highest BCUT2D eigenvalue weighted by molar-refractivity contribution is 7.89. The lowest BCUT2D eigenvalue weighted by atomic mass is 10.1. The van der Waals surface area contributed by atoms with Crippen molar-refractivity contribution in [1.29, 1.82) is 0 Å². The van der Waals surface area contributed by atoms with Crippen LogP contribution < -0.4 is 10.6 Å². The van der Waals surface area contributed by atoms with Crippen molar-refractivity contribution in [3.8, 4) is 0 Å². The Morgan fingerprint density at radius 2 is 2.12 bits per heavy atom. The molecule has 0 radical (unpaired) electrons. The van der Waals surface area contributed by atoms with E-state index in [1.165, 1.54) is 23.5 Å². The topological polar surface area (TPSA) is 108 Å². The van der Waals surface area contributed by atoms with Crippen LogP contribution in [0.2, 0.25) is 0 Å². The smallest absolute Gasteiger partial charge is 0.243 e. The molecular weight excluding hydrogens is 376 g/mol. The maximum Gasteiger partial charge on any atom is 0.243 e. The van der Waals surface area contributed by atoms with Crippen molar-refractivity contribution in [3.63, 3.8) is 0 Å². The molecule has 10 heteroatoms. The zero-order valence-corrected chi connectivity index (χ0v) is 15.6. The average Bonchev–Trinajstić information content (AvgIpc) is 3.10. The minimum absolute atomic E-state index is 0.100. The number of sulfonamides is 1. The molecule has 138 valence electrons. The molecule has 1 aromatic heterocycles. The molecule has 3 rings (SSSR count). The maximum absolute atomic E-state index is 13.0. The molecule has 1 aliphatic rings. The van der Waals surface area contributed by atoms with Crippen molar-refractivity contribution < 1.29 is 18.0 Å². The summed E-state index contributed by atoms with van der Waals surface area (Å²) in [7, 11) is -3.89. The number of anilines is 1. The van der Waals surface area contributed by atoms with Crippen LogP contribution in [-0.2, 0) is 19.6 Å². The van der Waals surface area contributed by atoms with Crippen LogP contribution in [0, 0.1) is 6.92 Å². The summed E-state index contributed by atoms with van der Waals surface area (Å²) in [4.78, 5) is 28.5. The molecule has 2 aromatic rings. The number of benzene rings is 1. The first-order valence-electron chi connectivity index (χ1n) is 7.93. The van der Waals surface area contributed by atoms with Crippen molar-refractivity contribution in [3.05, 3.63) is 41.4 Å². The molecule has 2 N–H and O–H groups in total. The molecule has 1 unspecified atom stereocenters. The van der Waals surface area contributed by atoms with Crippen LogP contribution >= 0.6 is 11.3 Å². The van der Waals surface area contributed by atoms with Crippen molar-refractivity contribution in [2.45, 2.75) is 24.3 Å². The van der Waals surface area contributed by atoms with E-state index in [1.807, 2.05) is 6.92 Å². The molecular formula is C16H18N4O4S2. The first-order chi connectivity index (χ1) is 12.4. The van der Waals surface area contributed by atoms with Crippen molar-refractivity contribution in [2.24, 2.45) is 0 Å². The third kappa shape index (κ3) is 3.92. The molecule has 1 saturated heterocycles. The molecule has 8 nitrogen and oxygen atoms in total. The molecule has 1 aromatic carbocycles. The molecule has 0 spiro atoms. The summed E-state index contributed by atoms with van der Waals surface area (Å²) in [5.41, 5.74) is 0.930. The summed E-state index contributed by atoms with van der Waals surface area (Å²) in [5, 5.41) is 7.30. The number of aromatic nitrogens is 1. The van der Waals surface area contributed by atoms with Gasteiger partial charge in [0.2, 0.25) is 21.8 Å². The molecule has 2 amide bonds. The Morgan fingerprint density at radius 1 is 1.38 bits per heavy atom. The highest BCUT2D eigenvalue weighted by Crippen LogP contribution is 2.22. The lowest BCUT2D eigenvalue weighted by molar-refractivity contribution is -0.130. The number of aryl methyl sites for hydroxylation is 1. The summed E-state index contributed by atoms with van der Waals surface area (Å²) in [5.74, 6) is -0.952. The van der Waals surface area contributed by atoms with Crippen LogP contribution in [0.3, 0.4) is 0 Å². The Bertz CT molecular complexity index is 895. The number of hydrogen-bond donors (Lipinski definition) is 2. The van der Waals surface area contributed by atoms with Crippen molar-refractivity contribution in [1.82, 2.24) is 14.6 Å². The van der Waals surface area contributed by atoms with E-state index in [-0.39, 0.29) is 24.4 Å². The van der Waals surface area contributed by atoms with Gasteiger partial charge in [-0.1, -0.05) is 17.7 Å². The Balaban J connectivity index is 1.82. The zero-order valence-electron chi connectivity index (χ0n) is 14.0. The van der Waals surface area contributed by atoms with Gasteiger partial charge in [0.1, 0.15) is 6.04 Å². The van der Waals surface area contributed by atoms with Gasteiger partial charge in [0.25, 0.3) is 0 Å². The molecule has 1 atom stereocenters. The fraction of sp³-hybridized carbons (Fsp3) is 0.312. The van der Waals surface area contributed by atoms with E-state index in [4.69, 9.17) is 0 Å². The predicted molar refractivity (Wildman–Crippen MR) is 97.2 cm³/mol. The van der Waals surface area contributed by atoms with Gasteiger partial charge in [0, 0.05) is 24.7 Å². The third-order valence-electron chi connectivity index (χ3n) is 3.97. The van der Waals surface area contributed by atoms with Crippen LogP contribution in [0.4, 0.5) is 5.13 Å². The van der Waals surface area contributed by atoms with Crippen LogP contribution in [0.1, 0.15) is 12.0 Å². The lowest BCUT2D eigenvalue weighted by Gasteiger charge is -2.33. The number of nitrogens with zero attached hydrogens (tertiary/aromatic N) is 2. The molecule has 0 bridgehead atoms. The van der Waals surface area contributed by atoms with E-state index in [1.54, 1.807) is 23.7 Å². The average molecular weight is 394 g/mol. The summed E-state index contributed by atoms with van der Waals surface area (Å²) in [6.45, 7) is 2.17. The van der Waals surface area contributed by atoms with Gasteiger partial charge in [0.15, 0.2) is 5.13 Å². The van der Waals surface area contributed by atoms with E-state index in [0.717, 1.165) is 9.87 Å². The number of hydrogen-bond acceptors (Lipinski definition) is 6. The van der Waals surface area contributed by atoms with E-state index >= 15 is 0 Å². The van der Waals surface area contributed by atoms with E-state index in [2.05, 4.69) is 15.6 Å². The van der Waals surface area contributed by atoms with Gasteiger partial charge in [-0.15, -0.1) is 11.3 Å². The molecule has 0 aliphatic carbocycles. The van der Waals surface area contributed by atoms with Gasteiger partial charge in [-0.2, -0.15) is 4.31 Å². The van der Waals surface area contributed by atoms with Crippen LogP contribution in [-0.4, -0.2) is 48.7 Å². The number of nitrogens with one attached hydrogen (secondary N) is 2. The minimum Gasteiger partial charge on any atom is -0.353 e. The van der Waals surface area contributed by atoms with Crippen molar-refractivity contribution >= 4 is 38.3 Å². The van der Waals surface area contributed by atoms with Gasteiger partial charge in [-0.3, -0.25) is 9.59 Å². The van der Waals surface area contributed by atoms with Crippen LogP contribution in [0.25, 0.3) is 0 Å². The molecule has 1 aliphatic heterocycles. The first-order valence-corrected chi connectivity index (χ1v) is 10.3. The van der Waals surface area contributed by atoms with Gasteiger partial charge in [-0.25, -0.2) is 13.4 Å². The number of amides is 2. The maximum atomic E-state index is 13.0. The Morgan fingerprint density at radius 3 is 2.77 bits per heavy atom. The second kappa shape index (κ2) is 7.52. The van der Waals surface area contributed by atoms with Gasteiger partial charge >= 0.3 is 0 Å². The second-order valence-corrected chi connectivity index (χ2v) is 8.61. The Hall–Kier alpha value is -2.30. The fourth-order valence-electron chi connectivity index (χ4n) is 2.65. The van der Waals surface area contributed by atoms with Crippen LogP contribution in [0.15, 0.2) is 40.7 Å². The minimum atomic E-state index is -3.89. The molecule has 0 saturated carbocycles. The quantitative estimate of drug-likeness (QED) is 0.786. The predicted octanol–water partition coefficient (Wildman–Crippen LogP) is 0.969. The number of thiazole rings is 1. The second-order valence-electron chi connectivity index (χ2n) is 5.83. The van der Waals surface area contributed by atoms with E-state index in [0.29, 0.717) is 5.13 Å². The molecule has 1 fully saturated rings. The SMILES string of the molecule is Cc1ccc(S(=O)(=O)N2CCNC(=O)C2CC(=O)Nc2nccs2)cc1. The third-order valence-corrected chi connectivity index (χ3v) is 6.58. The number of piperazine rings is 1. The fourth-order valence-corrected chi connectivity index (χ4v) is 4.79. The summed E-state index contributed by atoms with van der Waals surface area (Å²) in [6.07, 6.45) is 1.26. The molecule has 26 heavy (non-hydrogen) atoms. The first kappa shape index (κ1) is 18.5. The highest BCUT2D eigenvalue weighted by atomic mass is 32.2. The zero-order chi connectivity index (χ0) is 18.7. The van der Waals surface area contributed by atoms with Gasteiger partial charge in [-0.05, 0) is 19.1 Å². The summed E-state index contributed by atoms with van der Waals surface area (Å²) < 4.78 is 27.0. The van der Waals surface area contributed by atoms with Gasteiger partial charge < -0.3 is 10.6 Å². The largest absolute Gasteiger partial charge is 0.353 e. The van der Waals surface area contributed by atoms with Gasteiger partial charge in [0.05, 0.1) is 11.3 Å². The number of carbonyl (C=O) groups is 2. The summed E-state index contributed by atoms with van der Waals surface area (Å²) in [6, 6.07) is 5.30. The lowest BCUT2D eigenvalue weighted by Crippen LogP contribution is -2.57. The molecule has 2 heterocycles. The monoisotopic (exact) mass is 394 g/mol. The van der Waals surface area contributed by atoms with E-state index in [9.17, 15) is 18.0 Å². The van der Waals surface area contributed by atoms with Crippen LogP contribution in [0.5, 0.6) is 0 Å². The summed E-state index contributed by atoms with van der Waals surface area (Å²) >= 11 is 1.24. The Kier molecular flexibility index (Phi) is 5.35. The van der Waals surface area contributed by atoms with Crippen molar-refractivity contribution in [2.75, 3.05) is 18.4 Å². The Labute approximate surface area is 155 Å².